The molecule has 4 nitrogen and oxygen atoms in total. The van der Waals surface area contributed by atoms with Gasteiger partial charge in [-0.15, -0.1) is 11.3 Å². The van der Waals surface area contributed by atoms with Crippen molar-refractivity contribution < 1.29 is 0 Å². The highest BCUT2D eigenvalue weighted by atomic mass is 32.1. The summed E-state index contributed by atoms with van der Waals surface area (Å²) in [6.07, 6.45) is 0. The lowest BCUT2D eigenvalue weighted by molar-refractivity contribution is 0.553. The first-order valence-electron chi connectivity index (χ1n) is 5.70. The number of hydrogen-bond donors (Lipinski definition) is 1. The topological polar surface area (TPSA) is 54.9 Å². The maximum Gasteiger partial charge on any atom is 0.329 e. The van der Waals surface area contributed by atoms with E-state index in [0.29, 0.717) is 16.1 Å². The molecule has 2 heterocycles. The third-order valence-electron chi connectivity index (χ3n) is 2.71. The highest BCUT2D eigenvalue weighted by Gasteiger charge is 2.14. The zero-order chi connectivity index (χ0) is 12.7. The van der Waals surface area contributed by atoms with Crippen LogP contribution < -0.4 is 11.2 Å². The standard InChI is InChI=1S/C12H16N2O2S/c1-6(2)9-5-8-10(17-9)11(15)14(7(3)4)12(16)13-8/h5-7H,1-4H3,(H,13,16). The summed E-state index contributed by atoms with van der Waals surface area (Å²) >= 11 is 1.47. The van der Waals surface area contributed by atoms with Crippen LogP contribution in [0.2, 0.25) is 0 Å². The predicted molar refractivity (Wildman–Crippen MR) is 71.2 cm³/mol. The zero-order valence-electron chi connectivity index (χ0n) is 10.4. The number of H-pyrrole nitrogens is 1. The fourth-order valence-corrected chi connectivity index (χ4v) is 2.85. The van der Waals surface area contributed by atoms with Gasteiger partial charge in [-0.2, -0.15) is 0 Å². The molecule has 5 heteroatoms. The molecule has 0 aliphatic carbocycles. The van der Waals surface area contributed by atoms with Gasteiger partial charge in [0.15, 0.2) is 0 Å². The molecule has 2 rings (SSSR count). The molecular formula is C12H16N2O2S. The molecule has 0 radical (unpaired) electrons. The van der Waals surface area contributed by atoms with Crippen LogP contribution >= 0.6 is 11.3 Å². The summed E-state index contributed by atoms with van der Waals surface area (Å²) in [5.74, 6) is 0.364. The molecule has 2 aromatic rings. The highest BCUT2D eigenvalue weighted by molar-refractivity contribution is 7.19. The molecule has 1 N–H and O–H groups in total. The Morgan fingerprint density at radius 1 is 1.24 bits per heavy atom. The average molecular weight is 252 g/mol. The predicted octanol–water partition coefficient (Wildman–Crippen LogP) is 2.46. The Morgan fingerprint density at radius 2 is 1.88 bits per heavy atom. The smallest absolute Gasteiger partial charge is 0.306 e. The van der Waals surface area contributed by atoms with Gasteiger partial charge in [0.05, 0.1) is 5.52 Å². The molecule has 0 bridgehead atoms. The number of thiophene rings is 1. The summed E-state index contributed by atoms with van der Waals surface area (Å²) < 4.78 is 1.91. The summed E-state index contributed by atoms with van der Waals surface area (Å²) in [5, 5.41) is 0. The van der Waals surface area contributed by atoms with E-state index in [1.54, 1.807) is 0 Å². The maximum atomic E-state index is 12.2. The normalized spacial score (nSPS) is 11.9. The lowest BCUT2D eigenvalue weighted by Crippen LogP contribution is -2.35. The monoisotopic (exact) mass is 252 g/mol. The number of aromatic amines is 1. The van der Waals surface area contributed by atoms with Gasteiger partial charge in [-0.25, -0.2) is 4.79 Å². The van der Waals surface area contributed by atoms with Crippen LogP contribution in [0.4, 0.5) is 0 Å². The minimum absolute atomic E-state index is 0.125. The quantitative estimate of drug-likeness (QED) is 0.892. The lowest BCUT2D eigenvalue weighted by atomic mass is 10.2. The molecule has 0 spiro atoms. The summed E-state index contributed by atoms with van der Waals surface area (Å²) in [7, 11) is 0. The fraction of sp³-hybridized carbons (Fsp3) is 0.500. The largest absolute Gasteiger partial charge is 0.329 e. The third kappa shape index (κ3) is 1.95. The van der Waals surface area contributed by atoms with E-state index >= 15 is 0 Å². The molecule has 0 amide bonds. The molecule has 0 fully saturated rings. The van der Waals surface area contributed by atoms with E-state index in [2.05, 4.69) is 18.8 Å². The molecule has 92 valence electrons. The van der Waals surface area contributed by atoms with Crippen molar-refractivity contribution in [2.75, 3.05) is 0 Å². The number of nitrogens with one attached hydrogen (secondary N) is 1. The number of rotatable bonds is 2. The van der Waals surface area contributed by atoms with Crippen LogP contribution in [0.25, 0.3) is 10.2 Å². The SMILES string of the molecule is CC(C)c1cc2[nH]c(=O)n(C(C)C)c(=O)c2s1. The molecule has 0 aliphatic heterocycles. The van der Waals surface area contributed by atoms with E-state index in [-0.39, 0.29) is 17.3 Å². The van der Waals surface area contributed by atoms with Crippen LogP contribution in [-0.4, -0.2) is 9.55 Å². The van der Waals surface area contributed by atoms with Crippen molar-refractivity contribution in [1.82, 2.24) is 9.55 Å². The first kappa shape index (κ1) is 12.1. The Bertz CT molecular complexity index is 661. The zero-order valence-corrected chi connectivity index (χ0v) is 11.2. The second-order valence-electron chi connectivity index (χ2n) is 4.75. The second-order valence-corrected chi connectivity index (χ2v) is 5.83. The van der Waals surface area contributed by atoms with Crippen molar-refractivity contribution in [3.8, 4) is 0 Å². The van der Waals surface area contributed by atoms with Crippen molar-refractivity contribution in [2.24, 2.45) is 0 Å². The maximum absolute atomic E-state index is 12.2. The molecule has 0 unspecified atom stereocenters. The lowest BCUT2D eigenvalue weighted by Gasteiger charge is -2.07. The van der Waals surface area contributed by atoms with Crippen LogP contribution in [0.3, 0.4) is 0 Å². The summed E-state index contributed by atoms with van der Waals surface area (Å²) in [5.41, 5.74) is 0.145. The van der Waals surface area contributed by atoms with E-state index < -0.39 is 0 Å². The van der Waals surface area contributed by atoms with Gasteiger partial charge in [0.25, 0.3) is 5.56 Å². The third-order valence-corrected chi connectivity index (χ3v) is 4.13. The van der Waals surface area contributed by atoms with Gasteiger partial charge >= 0.3 is 5.69 Å². The van der Waals surface area contributed by atoms with Gasteiger partial charge in [0.1, 0.15) is 4.70 Å². The molecule has 0 aliphatic rings. The average Bonchev–Trinajstić information content (AvgIpc) is 2.60. The van der Waals surface area contributed by atoms with Gasteiger partial charge in [-0.1, -0.05) is 13.8 Å². The van der Waals surface area contributed by atoms with Crippen molar-refractivity contribution in [3.63, 3.8) is 0 Å². The molecule has 17 heavy (non-hydrogen) atoms. The van der Waals surface area contributed by atoms with Crippen molar-refractivity contribution in [1.29, 1.82) is 0 Å². The second kappa shape index (κ2) is 4.14. The minimum Gasteiger partial charge on any atom is -0.306 e. The van der Waals surface area contributed by atoms with Gasteiger partial charge in [0, 0.05) is 10.9 Å². The first-order valence-corrected chi connectivity index (χ1v) is 6.51. The Kier molecular flexibility index (Phi) is 2.95. The number of hydrogen-bond acceptors (Lipinski definition) is 3. The number of aromatic nitrogens is 2. The van der Waals surface area contributed by atoms with Crippen LogP contribution in [0.5, 0.6) is 0 Å². The molecule has 0 saturated carbocycles. The van der Waals surface area contributed by atoms with Gasteiger partial charge in [0.2, 0.25) is 0 Å². The van der Waals surface area contributed by atoms with E-state index in [1.165, 1.54) is 15.9 Å². The first-order chi connectivity index (χ1) is 7.91. The Morgan fingerprint density at radius 3 is 2.41 bits per heavy atom. The van der Waals surface area contributed by atoms with Crippen molar-refractivity contribution >= 4 is 21.6 Å². The fourth-order valence-electron chi connectivity index (χ4n) is 1.79. The summed E-state index contributed by atoms with van der Waals surface area (Å²) in [4.78, 5) is 27.9. The van der Waals surface area contributed by atoms with E-state index in [1.807, 2.05) is 19.9 Å². The van der Waals surface area contributed by atoms with Gasteiger partial charge < -0.3 is 4.98 Å². The van der Waals surface area contributed by atoms with E-state index in [4.69, 9.17) is 0 Å². The van der Waals surface area contributed by atoms with Gasteiger partial charge in [-0.05, 0) is 25.8 Å². The number of nitrogens with zero attached hydrogens (tertiary/aromatic N) is 1. The van der Waals surface area contributed by atoms with E-state index in [9.17, 15) is 9.59 Å². The van der Waals surface area contributed by atoms with E-state index in [0.717, 1.165) is 4.88 Å². The van der Waals surface area contributed by atoms with Crippen LogP contribution in [-0.2, 0) is 0 Å². The molecule has 2 aromatic heterocycles. The van der Waals surface area contributed by atoms with Crippen LogP contribution in [0, 0.1) is 0 Å². The minimum atomic E-state index is -0.328. The summed E-state index contributed by atoms with van der Waals surface area (Å²) in [6, 6.07) is 1.78. The molecular weight excluding hydrogens is 236 g/mol. The van der Waals surface area contributed by atoms with Crippen molar-refractivity contribution in [2.45, 2.75) is 39.7 Å². The van der Waals surface area contributed by atoms with Crippen LogP contribution in [0.1, 0.15) is 44.5 Å². The number of fused-ring (bicyclic) bond motifs is 1. The molecule has 0 aromatic carbocycles. The molecule has 0 saturated heterocycles. The summed E-state index contributed by atoms with van der Waals surface area (Å²) in [6.45, 7) is 7.81. The highest BCUT2D eigenvalue weighted by Crippen LogP contribution is 2.26. The van der Waals surface area contributed by atoms with Crippen molar-refractivity contribution in [3.05, 3.63) is 31.8 Å². The Labute approximate surface area is 103 Å². The Balaban J connectivity index is 2.84. The van der Waals surface area contributed by atoms with Gasteiger partial charge in [-0.3, -0.25) is 9.36 Å². The van der Waals surface area contributed by atoms with Crippen LogP contribution in [0.15, 0.2) is 15.7 Å². The molecule has 0 atom stereocenters. The Hall–Kier alpha value is -1.36.